The number of anilines is 1. The third-order valence-electron chi connectivity index (χ3n) is 10.6. The fourth-order valence-corrected chi connectivity index (χ4v) is 8.69. The monoisotopic (exact) mass is 631 g/mol. The quantitative estimate of drug-likeness (QED) is 0.178. The number of imide groups is 1. The summed E-state index contributed by atoms with van der Waals surface area (Å²) in [6.07, 6.45) is 0. The van der Waals surface area contributed by atoms with E-state index in [0.29, 0.717) is 28.3 Å². The summed E-state index contributed by atoms with van der Waals surface area (Å²) < 4.78 is 11.0. The minimum Gasteiger partial charge on any atom is -0.497 e. The van der Waals surface area contributed by atoms with Crippen LogP contribution in [0.4, 0.5) is 5.69 Å². The number of Topliss-reactive ketones (excluding diaryl/α,β-unsaturated/α-hetero) is 1. The molecule has 3 aliphatic rings. The van der Waals surface area contributed by atoms with E-state index in [1.54, 1.807) is 14.2 Å². The fraction of sp³-hybridized carbons (Fsp3) is 0.167. The number of fused-ring (bicyclic) bond motifs is 5. The van der Waals surface area contributed by atoms with Gasteiger partial charge in [-0.1, -0.05) is 103 Å². The number of hydrogen-bond acceptors (Lipinski definition) is 5. The van der Waals surface area contributed by atoms with Gasteiger partial charge >= 0.3 is 0 Å². The Hall–Kier alpha value is -5.75. The Labute approximate surface area is 279 Å². The molecular weight excluding hydrogens is 598 g/mol. The Morgan fingerprint density at radius 3 is 1.31 bits per heavy atom. The Bertz CT molecular complexity index is 1990. The third-order valence-corrected chi connectivity index (χ3v) is 10.6. The van der Waals surface area contributed by atoms with Crippen LogP contribution in [0.5, 0.6) is 11.5 Å². The van der Waals surface area contributed by atoms with Gasteiger partial charge in [0, 0.05) is 0 Å². The van der Waals surface area contributed by atoms with Crippen molar-refractivity contribution in [2.75, 3.05) is 19.1 Å². The van der Waals surface area contributed by atoms with Gasteiger partial charge in [0.05, 0.1) is 42.6 Å². The molecule has 0 unspecified atom stereocenters. The molecule has 2 bridgehead atoms. The van der Waals surface area contributed by atoms with Gasteiger partial charge in [-0.05, 0) is 76.2 Å². The number of rotatable bonds is 7. The standard InChI is InChI=1S/C42H33NO5/c1-26-12-10-11-17-33(26)43-38(44)36-37(39(43)45)42(30-15-8-5-9-16-30)35(28-20-24-32(48-3)25-21-28)34(27-18-22-31(47-2)23-19-27)41(36,40(42)46)29-13-6-4-7-14-29/h4-25,36-37H,1-3H3/t36-,37-,41+,42+/m1/s1. The molecule has 1 saturated heterocycles. The fourth-order valence-electron chi connectivity index (χ4n) is 8.69. The van der Waals surface area contributed by atoms with Crippen LogP contribution in [0.3, 0.4) is 0 Å². The van der Waals surface area contributed by atoms with Gasteiger partial charge in [0.2, 0.25) is 11.8 Å². The number of methoxy groups -OCH3 is 2. The van der Waals surface area contributed by atoms with Crippen LogP contribution in [0.25, 0.3) is 11.1 Å². The van der Waals surface area contributed by atoms with Gasteiger partial charge in [-0.3, -0.25) is 14.4 Å². The van der Waals surface area contributed by atoms with Crippen molar-refractivity contribution in [3.05, 3.63) is 161 Å². The second-order valence-corrected chi connectivity index (χ2v) is 12.6. The van der Waals surface area contributed by atoms with Crippen LogP contribution in [0.2, 0.25) is 0 Å². The molecule has 0 aromatic heterocycles. The number of amides is 2. The van der Waals surface area contributed by atoms with Crippen molar-refractivity contribution in [1.29, 1.82) is 0 Å². The number of ether oxygens (including phenoxy) is 2. The van der Waals surface area contributed by atoms with Crippen molar-refractivity contribution in [2.45, 2.75) is 17.8 Å². The average molecular weight is 632 g/mol. The van der Waals surface area contributed by atoms with Gasteiger partial charge < -0.3 is 9.47 Å². The second-order valence-electron chi connectivity index (χ2n) is 12.6. The molecule has 2 amide bonds. The molecule has 2 aliphatic carbocycles. The van der Waals surface area contributed by atoms with E-state index in [9.17, 15) is 0 Å². The first-order valence-electron chi connectivity index (χ1n) is 16.0. The molecule has 5 aromatic rings. The predicted octanol–water partition coefficient (Wildman–Crippen LogP) is 7.20. The molecular formula is C42H33NO5. The summed E-state index contributed by atoms with van der Waals surface area (Å²) in [6.45, 7) is 1.90. The van der Waals surface area contributed by atoms with E-state index in [0.717, 1.165) is 27.8 Å². The first-order valence-corrected chi connectivity index (χ1v) is 16.0. The molecule has 1 heterocycles. The molecule has 236 valence electrons. The maximum atomic E-state index is 16.0. The Kier molecular flexibility index (Phi) is 6.74. The van der Waals surface area contributed by atoms with Crippen LogP contribution < -0.4 is 14.4 Å². The van der Waals surface area contributed by atoms with Crippen molar-refractivity contribution in [2.24, 2.45) is 11.8 Å². The third kappa shape index (κ3) is 3.71. The summed E-state index contributed by atoms with van der Waals surface area (Å²) in [5.74, 6) is -1.53. The zero-order valence-electron chi connectivity index (χ0n) is 26.8. The normalized spacial score (nSPS) is 24.3. The largest absolute Gasteiger partial charge is 0.497 e. The number of nitrogens with zero attached hydrogens (tertiary/aromatic N) is 1. The number of carbonyl (C=O) groups is 3. The molecule has 48 heavy (non-hydrogen) atoms. The average Bonchev–Trinajstić information content (AvgIpc) is 3.64. The summed E-state index contributed by atoms with van der Waals surface area (Å²) >= 11 is 0. The summed E-state index contributed by atoms with van der Waals surface area (Å²) in [7, 11) is 3.23. The SMILES string of the molecule is COc1ccc(C2=C(c3ccc(OC)cc3)[C@]3(c4ccccc4)C(=O)[C@]2(c2ccccc2)[C@H]2C(=O)N(c4ccccc4C)C(=O)[C@@H]23)cc1. The number of benzene rings is 5. The van der Waals surface area contributed by atoms with Crippen molar-refractivity contribution in [3.63, 3.8) is 0 Å². The van der Waals surface area contributed by atoms with E-state index in [-0.39, 0.29) is 17.6 Å². The Morgan fingerprint density at radius 2 is 0.917 bits per heavy atom. The minimum absolute atomic E-state index is 0.162. The van der Waals surface area contributed by atoms with E-state index in [1.165, 1.54) is 4.90 Å². The highest BCUT2D eigenvalue weighted by atomic mass is 16.5. The number of ketones is 1. The topological polar surface area (TPSA) is 72.9 Å². The highest BCUT2D eigenvalue weighted by molar-refractivity contribution is 6.39. The Morgan fingerprint density at radius 1 is 0.521 bits per heavy atom. The second kappa shape index (κ2) is 10.9. The molecule has 4 atom stereocenters. The number of carbonyl (C=O) groups excluding carboxylic acids is 3. The van der Waals surface area contributed by atoms with Gasteiger partial charge in [0.1, 0.15) is 11.5 Å². The van der Waals surface area contributed by atoms with Crippen LogP contribution in [-0.4, -0.2) is 31.8 Å². The lowest BCUT2D eigenvalue weighted by molar-refractivity contribution is -0.130. The lowest BCUT2D eigenvalue weighted by atomic mass is 9.59. The highest BCUT2D eigenvalue weighted by Gasteiger charge is 2.82. The van der Waals surface area contributed by atoms with E-state index >= 15 is 14.4 Å². The Balaban J connectivity index is 1.55. The zero-order chi connectivity index (χ0) is 33.2. The van der Waals surface area contributed by atoms with Gasteiger partial charge in [-0.2, -0.15) is 0 Å². The van der Waals surface area contributed by atoms with Crippen LogP contribution in [0, 0.1) is 18.8 Å². The highest BCUT2D eigenvalue weighted by Crippen LogP contribution is 2.74. The molecule has 6 heteroatoms. The smallest absolute Gasteiger partial charge is 0.239 e. The molecule has 0 spiro atoms. The molecule has 5 aromatic carbocycles. The summed E-state index contributed by atoms with van der Waals surface area (Å²) in [4.78, 5) is 47.6. The molecule has 2 fully saturated rings. The van der Waals surface area contributed by atoms with Gasteiger partial charge in [0.25, 0.3) is 0 Å². The number of aryl methyl sites for hydroxylation is 1. The predicted molar refractivity (Wildman–Crippen MR) is 185 cm³/mol. The van der Waals surface area contributed by atoms with Gasteiger partial charge in [-0.15, -0.1) is 0 Å². The molecule has 8 rings (SSSR count). The molecule has 1 saturated carbocycles. The van der Waals surface area contributed by atoms with Crippen molar-refractivity contribution >= 4 is 34.4 Å². The van der Waals surface area contributed by atoms with E-state index in [4.69, 9.17) is 9.47 Å². The van der Waals surface area contributed by atoms with E-state index in [1.807, 2.05) is 140 Å². The summed E-state index contributed by atoms with van der Waals surface area (Å²) in [6, 6.07) is 41.8. The van der Waals surface area contributed by atoms with E-state index in [2.05, 4.69) is 0 Å². The minimum atomic E-state index is -1.48. The van der Waals surface area contributed by atoms with Crippen LogP contribution >= 0.6 is 0 Å². The van der Waals surface area contributed by atoms with Crippen LogP contribution in [0.1, 0.15) is 27.8 Å². The lowest BCUT2D eigenvalue weighted by Gasteiger charge is -2.39. The number of allylic oxidation sites excluding steroid dienone is 2. The number of hydrogen-bond donors (Lipinski definition) is 0. The lowest BCUT2D eigenvalue weighted by Crippen LogP contribution is -2.45. The van der Waals surface area contributed by atoms with Crippen LogP contribution in [0.15, 0.2) is 133 Å². The number of para-hydroxylation sites is 1. The summed E-state index contributed by atoms with van der Waals surface area (Å²) in [5, 5.41) is 0. The first kappa shape index (κ1) is 29.6. The van der Waals surface area contributed by atoms with E-state index < -0.39 is 22.7 Å². The molecule has 0 radical (unpaired) electrons. The first-order chi connectivity index (χ1) is 23.4. The molecule has 0 N–H and O–H groups in total. The molecule has 6 nitrogen and oxygen atoms in total. The van der Waals surface area contributed by atoms with Crippen molar-refractivity contribution in [3.8, 4) is 11.5 Å². The van der Waals surface area contributed by atoms with Crippen LogP contribution in [-0.2, 0) is 25.2 Å². The summed E-state index contributed by atoms with van der Waals surface area (Å²) in [5.41, 5.74) is 2.78. The van der Waals surface area contributed by atoms with Crippen molar-refractivity contribution in [1.82, 2.24) is 0 Å². The maximum absolute atomic E-state index is 16.0. The van der Waals surface area contributed by atoms with Gasteiger partial charge in [-0.25, -0.2) is 4.90 Å². The van der Waals surface area contributed by atoms with Gasteiger partial charge in [0.15, 0.2) is 5.78 Å². The van der Waals surface area contributed by atoms with Crippen molar-refractivity contribution < 1.29 is 23.9 Å². The molecule has 1 aliphatic heterocycles. The maximum Gasteiger partial charge on any atom is 0.239 e. The zero-order valence-corrected chi connectivity index (χ0v) is 26.8.